The maximum absolute atomic E-state index is 13.8. The van der Waals surface area contributed by atoms with Crippen LogP contribution >= 0.6 is 0 Å². The van der Waals surface area contributed by atoms with Crippen molar-refractivity contribution in [2.45, 2.75) is 57.6 Å². The Hall–Kier alpha value is -3.13. The van der Waals surface area contributed by atoms with Gasteiger partial charge in [0.15, 0.2) is 0 Å². The highest BCUT2D eigenvalue weighted by molar-refractivity contribution is 6.00. The number of likely N-dealkylation sites (tertiary alicyclic amines) is 2. The molecule has 2 saturated heterocycles. The molecule has 0 radical (unpaired) electrons. The number of carbonyl (C=O) groups excluding carboxylic acids is 1. The minimum absolute atomic E-state index is 0.0411. The highest BCUT2D eigenvalue weighted by atomic mass is 19.3. The first kappa shape index (κ1) is 25.5. The van der Waals surface area contributed by atoms with E-state index in [1.165, 1.54) is 4.90 Å². The summed E-state index contributed by atoms with van der Waals surface area (Å²) < 4.78 is 41.0. The van der Waals surface area contributed by atoms with Crippen LogP contribution in [0.1, 0.15) is 50.0 Å². The number of rotatable bonds is 6. The number of fused-ring (bicyclic) bond motifs is 1. The molecule has 0 saturated carbocycles. The number of hydrogen-bond acceptors (Lipinski definition) is 4. The Balaban J connectivity index is 1.45. The van der Waals surface area contributed by atoms with Gasteiger partial charge in [-0.05, 0) is 75.2 Å². The normalized spacial score (nSPS) is 18.9. The third-order valence-electron chi connectivity index (χ3n) is 7.61. The van der Waals surface area contributed by atoms with Crippen molar-refractivity contribution in [3.63, 3.8) is 0 Å². The van der Waals surface area contributed by atoms with E-state index >= 15 is 0 Å². The second-order valence-corrected chi connectivity index (χ2v) is 10.4. The predicted octanol–water partition coefficient (Wildman–Crippen LogP) is 5.76. The molecule has 198 valence electrons. The summed E-state index contributed by atoms with van der Waals surface area (Å²) in [5.41, 5.74) is 2.11. The number of halogens is 2. The molecule has 0 unspecified atom stereocenters. The van der Waals surface area contributed by atoms with Crippen LogP contribution in [0.25, 0.3) is 16.6 Å². The van der Waals surface area contributed by atoms with Crippen LogP contribution in [0.3, 0.4) is 0 Å². The monoisotopic (exact) mass is 511 g/mol. The van der Waals surface area contributed by atoms with Gasteiger partial charge in [0.25, 0.3) is 11.8 Å². The van der Waals surface area contributed by atoms with Gasteiger partial charge in [-0.1, -0.05) is 0 Å². The van der Waals surface area contributed by atoms with Gasteiger partial charge in [-0.3, -0.25) is 4.79 Å². The molecule has 0 aliphatic carbocycles. The average Bonchev–Trinajstić information content (AvgIpc) is 3.27. The lowest BCUT2D eigenvalue weighted by molar-refractivity contribution is -0.0495. The topological polar surface area (TPSA) is 46.9 Å². The first-order valence-electron chi connectivity index (χ1n) is 13.1. The van der Waals surface area contributed by atoms with Crippen LogP contribution in [0.2, 0.25) is 0 Å². The fraction of sp³-hybridized carbons (Fsp3) is 0.483. The van der Waals surface area contributed by atoms with Crippen molar-refractivity contribution >= 4 is 16.8 Å². The van der Waals surface area contributed by atoms with Crippen LogP contribution in [-0.2, 0) is 0 Å². The van der Waals surface area contributed by atoms with Crippen LogP contribution in [0.4, 0.5) is 8.78 Å². The van der Waals surface area contributed by atoms with E-state index in [-0.39, 0.29) is 37.9 Å². The zero-order valence-corrected chi connectivity index (χ0v) is 21.8. The summed E-state index contributed by atoms with van der Waals surface area (Å²) in [4.78, 5) is 17.6. The van der Waals surface area contributed by atoms with Gasteiger partial charge >= 0.3 is 0 Å². The molecule has 6 nitrogen and oxygen atoms in total. The number of methoxy groups -OCH3 is 1. The zero-order chi connectivity index (χ0) is 26.2. The Morgan fingerprint density at radius 1 is 0.946 bits per heavy atom. The van der Waals surface area contributed by atoms with E-state index < -0.39 is 5.92 Å². The summed E-state index contributed by atoms with van der Waals surface area (Å²) in [5.74, 6) is -1.47. The molecule has 3 aromatic rings. The molecule has 3 heterocycles. The Kier molecular flexibility index (Phi) is 7.12. The van der Waals surface area contributed by atoms with Gasteiger partial charge in [0.2, 0.25) is 0 Å². The standard InChI is InChI=1S/C29H35F2N3O3/c1-20(2)32-14-10-24(11-15-32)37-25-8-9-26-21(18-25)19-27(28(35)33-16-12-29(30,31)13-17-33)34(26)22-4-6-23(36-3)7-5-22/h4-9,18-20,24H,10-17H2,1-3H3. The summed E-state index contributed by atoms with van der Waals surface area (Å²) in [6.07, 6.45) is 1.50. The Morgan fingerprint density at radius 2 is 1.59 bits per heavy atom. The van der Waals surface area contributed by atoms with Crippen LogP contribution in [0.15, 0.2) is 48.5 Å². The number of carbonyl (C=O) groups is 1. The molecule has 2 aliphatic rings. The van der Waals surface area contributed by atoms with E-state index in [0.29, 0.717) is 17.5 Å². The van der Waals surface area contributed by atoms with Crippen molar-refractivity contribution in [3.8, 4) is 17.2 Å². The molecule has 1 amide bonds. The third kappa shape index (κ3) is 5.44. The van der Waals surface area contributed by atoms with Crippen molar-refractivity contribution < 1.29 is 23.0 Å². The van der Waals surface area contributed by atoms with Gasteiger partial charge in [0, 0.05) is 56.1 Å². The summed E-state index contributed by atoms with van der Waals surface area (Å²) in [5, 5.41) is 0.874. The zero-order valence-electron chi connectivity index (χ0n) is 21.8. The minimum Gasteiger partial charge on any atom is -0.497 e. The fourth-order valence-corrected chi connectivity index (χ4v) is 5.34. The maximum Gasteiger partial charge on any atom is 0.270 e. The Morgan fingerprint density at radius 3 is 2.22 bits per heavy atom. The van der Waals surface area contributed by atoms with Gasteiger partial charge in [-0.15, -0.1) is 0 Å². The molecule has 5 rings (SSSR count). The van der Waals surface area contributed by atoms with Gasteiger partial charge in [0.1, 0.15) is 23.3 Å². The van der Waals surface area contributed by atoms with Crippen LogP contribution < -0.4 is 9.47 Å². The van der Waals surface area contributed by atoms with Crippen molar-refractivity contribution in [2.24, 2.45) is 0 Å². The fourth-order valence-electron chi connectivity index (χ4n) is 5.34. The summed E-state index contributed by atoms with van der Waals surface area (Å²) in [6.45, 7) is 6.56. The largest absolute Gasteiger partial charge is 0.497 e. The van der Waals surface area contributed by atoms with E-state index in [9.17, 15) is 13.6 Å². The third-order valence-corrected chi connectivity index (χ3v) is 7.61. The Bertz CT molecular complexity index is 1240. The number of aromatic nitrogens is 1. The lowest BCUT2D eigenvalue weighted by Gasteiger charge is -2.34. The molecule has 1 aromatic heterocycles. The van der Waals surface area contributed by atoms with E-state index in [2.05, 4.69) is 18.7 Å². The highest BCUT2D eigenvalue weighted by Gasteiger charge is 2.36. The Labute approximate surface area is 216 Å². The first-order chi connectivity index (χ1) is 17.7. The van der Waals surface area contributed by atoms with Crippen LogP contribution in [-0.4, -0.2) is 71.6 Å². The van der Waals surface area contributed by atoms with Gasteiger partial charge in [-0.25, -0.2) is 8.78 Å². The van der Waals surface area contributed by atoms with Gasteiger partial charge in [0.05, 0.1) is 12.6 Å². The van der Waals surface area contributed by atoms with Crippen molar-refractivity contribution in [1.29, 1.82) is 0 Å². The molecular weight excluding hydrogens is 476 g/mol. The number of nitrogens with zero attached hydrogens (tertiary/aromatic N) is 3. The van der Waals surface area contributed by atoms with E-state index in [4.69, 9.17) is 9.47 Å². The van der Waals surface area contributed by atoms with E-state index in [0.717, 1.165) is 48.3 Å². The lowest BCUT2D eigenvalue weighted by atomic mass is 10.1. The summed E-state index contributed by atoms with van der Waals surface area (Å²) >= 11 is 0. The molecule has 37 heavy (non-hydrogen) atoms. The van der Waals surface area contributed by atoms with E-state index in [1.807, 2.05) is 53.1 Å². The number of amides is 1. The minimum atomic E-state index is -2.71. The maximum atomic E-state index is 13.8. The molecular formula is C29H35F2N3O3. The first-order valence-corrected chi connectivity index (χ1v) is 13.1. The van der Waals surface area contributed by atoms with Crippen molar-refractivity contribution in [3.05, 3.63) is 54.2 Å². The van der Waals surface area contributed by atoms with Crippen molar-refractivity contribution in [2.75, 3.05) is 33.3 Å². The summed E-state index contributed by atoms with van der Waals surface area (Å²) in [7, 11) is 1.61. The molecule has 2 fully saturated rings. The molecule has 0 atom stereocenters. The molecule has 0 spiro atoms. The number of alkyl halides is 2. The second-order valence-electron chi connectivity index (χ2n) is 10.4. The van der Waals surface area contributed by atoms with Crippen molar-refractivity contribution in [1.82, 2.24) is 14.4 Å². The van der Waals surface area contributed by atoms with Gasteiger partial charge < -0.3 is 23.8 Å². The molecule has 0 bridgehead atoms. The van der Waals surface area contributed by atoms with Gasteiger partial charge in [-0.2, -0.15) is 0 Å². The van der Waals surface area contributed by atoms with E-state index in [1.54, 1.807) is 7.11 Å². The predicted molar refractivity (Wildman–Crippen MR) is 140 cm³/mol. The quantitative estimate of drug-likeness (QED) is 0.422. The molecule has 0 N–H and O–H groups in total. The van der Waals surface area contributed by atoms with Crippen LogP contribution in [0, 0.1) is 0 Å². The number of piperidine rings is 2. The molecule has 8 heteroatoms. The molecule has 2 aromatic carbocycles. The highest BCUT2D eigenvalue weighted by Crippen LogP contribution is 2.33. The number of benzene rings is 2. The number of hydrogen-bond donors (Lipinski definition) is 0. The summed E-state index contributed by atoms with van der Waals surface area (Å²) in [6, 6.07) is 15.8. The smallest absolute Gasteiger partial charge is 0.270 e. The SMILES string of the molecule is COc1ccc(-n2c(C(=O)N3CCC(F)(F)CC3)cc3cc(OC4CCN(C(C)C)CC4)ccc32)cc1. The lowest BCUT2D eigenvalue weighted by Crippen LogP contribution is -2.43. The second kappa shape index (κ2) is 10.3. The average molecular weight is 512 g/mol. The number of ether oxygens (including phenoxy) is 2. The van der Waals surface area contributed by atoms with Crippen LogP contribution in [0.5, 0.6) is 11.5 Å². The molecule has 2 aliphatic heterocycles.